The molecule has 7 heteroatoms. The van der Waals surface area contributed by atoms with Crippen LogP contribution in [0.15, 0.2) is 48.8 Å². The van der Waals surface area contributed by atoms with Gasteiger partial charge in [0.25, 0.3) is 0 Å². The van der Waals surface area contributed by atoms with Crippen molar-refractivity contribution >= 4 is 5.91 Å². The van der Waals surface area contributed by atoms with Crippen molar-refractivity contribution in [1.29, 1.82) is 0 Å². The van der Waals surface area contributed by atoms with Crippen molar-refractivity contribution in [1.82, 2.24) is 14.7 Å². The zero-order chi connectivity index (χ0) is 18.5. The number of fused-ring (bicyclic) bond motifs is 1. The van der Waals surface area contributed by atoms with Gasteiger partial charge in [0.05, 0.1) is 25.9 Å². The number of nitrogens with zero attached hydrogens (tertiary/aromatic N) is 3. The van der Waals surface area contributed by atoms with E-state index >= 15 is 0 Å². The molecule has 27 heavy (non-hydrogen) atoms. The second kappa shape index (κ2) is 8.54. The van der Waals surface area contributed by atoms with Crippen molar-refractivity contribution in [2.45, 2.75) is 31.1 Å². The third-order valence-electron chi connectivity index (χ3n) is 5.02. The normalized spacial score (nSPS) is 23.0. The van der Waals surface area contributed by atoms with Crippen LogP contribution < -0.4 is 4.74 Å². The van der Waals surface area contributed by atoms with Gasteiger partial charge in [0.1, 0.15) is 18.0 Å². The van der Waals surface area contributed by atoms with Crippen molar-refractivity contribution in [2.24, 2.45) is 0 Å². The molecule has 0 spiro atoms. The summed E-state index contributed by atoms with van der Waals surface area (Å²) in [6.07, 6.45) is 4.73. The summed E-state index contributed by atoms with van der Waals surface area (Å²) < 4.78 is 19.6. The minimum absolute atomic E-state index is 0.0601. The van der Waals surface area contributed by atoms with Crippen molar-refractivity contribution in [3.8, 4) is 5.75 Å². The van der Waals surface area contributed by atoms with Crippen LogP contribution in [0.25, 0.3) is 0 Å². The number of benzene rings is 1. The fourth-order valence-electron chi connectivity index (χ4n) is 3.52. The van der Waals surface area contributed by atoms with Crippen molar-refractivity contribution in [3.05, 3.63) is 48.8 Å². The first kappa shape index (κ1) is 18.0. The zero-order valence-electron chi connectivity index (χ0n) is 15.3. The maximum atomic E-state index is 12.5. The number of hydrogen-bond donors (Lipinski definition) is 0. The molecule has 0 N–H and O–H groups in total. The Kier molecular flexibility index (Phi) is 5.69. The van der Waals surface area contributed by atoms with Gasteiger partial charge in [0.2, 0.25) is 5.91 Å². The van der Waals surface area contributed by atoms with E-state index in [-0.39, 0.29) is 24.2 Å². The van der Waals surface area contributed by atoms with Crippen LogP contribution in [0.4, 0.5) is 0 Å². The number of para-hydroxylation sites is 1. The van der Waals surface area contributed by atoms with Gasteiger partial charge in [0.15, 0.2) is 0 Å². The molecule has 0 saturated carbocycles. The number of rotatable bonds is 6. The molecule has 0 bridgehead atoms. The second-order valence-corrected chi connectivity index (χ2v) is 6.95. The standard InChI is InChI=1S/C20H25N3O4/c24-20(8-4-11-25-17-6-2-1-3-7-17)22-12-18-19(13-22)27-15-16(14-26-18)23-10-5-9-21-23/h1-3,5-7,9-10,16,18-19H,4,8,11-15H2/t18-,19-/m0/s1. The average molecular weight is 371 g/mol. The fraction of sp³-hybridized carbons (Fsp3) is 0.500. The molecule has 2 atom stereocenters. The first-order chi connectivity index (χ1) is 13.3. The number of carbonyl (C=O) groups is 1. The van der Waals surface area contributed by atoms with E-state index in [1.165, 1.54) is 0 Å². The van der Waals surface area contributed by atoms with Gasteiger partial charge >= 0.3 is 0 Å². The topological polar surface area (TPSA) is 65.8 Å². The van der Waals surface area contributed by atoms with E-state index in [2.05, 4.69) is 5.10 Å². The van der Waals surface area contributed by atoms with Crippen LogP contribution in [0.1, 0.15) is 18.9 Å². The Morgan fingerprint density at radius 1 is 1.11 bits per heavy atom. The quantitative estimate of drug-likeness (QED) is 0.726. The molecular formula is C20H25N3O4. The van der Waals surface area contributed by atoms with Crippen molar-refractivity contribution in [2.75, 3.05) is 32.9 Å². The smallest absolute Gasteiger partial charge is 0.222 e. The number of ether oxygens (including phenoxy) is 3. The number of carbonyl (C=O) groups excluding carboxylic acids is 1. The molecule has 0 unspecified atom stereocenters. The highest BCUT2D eigenvalue weighted by molar-refractivity contribution is 5.76. The van der Waals surface area contributed by atoms with Crippen LogP contribution in [-0.2, 0) is 14.3 Å². The fourth-order valence-corrected chi connectivity index (χ4v) is 3.52. The lowest BCUT2D eigenvalue weighted by Crippen LogP contribution is -2.31. The van der Waals surface area contributed by atoms with Gasteiger partial charge in [-0.25, -0.2) is 0 Å². The monoisotopic (exact) mass is 371 g/mol. The molecule has 2 saturated heterocycles. The van der Waals surface area contributed by atoms with E-state index in [1.54, 1.807) is 6.20 Å². The van der Waals surface area contributed by atoms with Gasteiger partial charge in [-0.15, -0.1) is 0 Å². The van der Waals surface area contributed by atoms with Gasteiger partial charge in [-0.05, 0) is 24.6 Å². The number of likely N-dealkylation sites (tertiary alicyclic amines) is 1. The summed E-state index contributed by atoms with van der Waals surface area (Å²) in [4.78, 5) is 14.3. The van der Waals surface area contributed by atoms with Crippen LogP contribution in [0, 0.1) is 0 Å². The molecule has 2 aliphatic rings. The molecule has 0 aliphatic carbocycles. The van der Waals surface area contributed by atoms with Gasteiger partial charge in [-0.2, -0.15) is 5.10 Å². The lowest BCUT2D eigenvalue weighted by Gasteiger charge is -2.19. The van der Waals surface area contributed by atoms with Crippen molar-refractivity contribution < 1.29 is 19.0 Å². The summed E-state index contributed by atoms with van der Waals surface area (Å²) in [5.74, 6) is 0.970. The first-order valence-corrected chi connectivity index (χ1v) is 9.47. The van der Waals surface area contributed by atoms with Crippen LogP contribution in [0.2, 0.25) is 0 Å². The lowest BCUT2D eigenvalue weighted by molar-refractivity contribution is -0.131. The molecule has 144 valence electrons. The Balaban J connectivity index is 1.20. The van der Waals surface area contributed by atoms with E-state index in [0.29, 0.717) is 45.8 Å². The third-order valence-corrected chi connectivity index (χ3v) is 5.02. The molecule has 1 aromatic heterocycles. The highest BCUT2D eigenvalue weighted by Gasteiger charge is 2.39. The maximum absolute atomic E-state index is 12.5. The SMILES string of the molecule is O=C(CCCOc1ccccc1)N1C[C@@H]2OCC(n3cccn3)CO[C@H]2C1. The number of hydrogen-bond acceptors (Lipinski definition) is 5. The summed E-state index contributed by atoms with van der Waals surface area (Å²) in [5.41, 5.74) is 0. The Hall–Kier alpha value is -2.38. The highest BCUT2D eigenvalue weighted by Crippen LogP contribution is 2.24. The van der Waals surface area contributed by atoms with Crippen LogP contribution >= 0.6 is 0 Å². The van der Waals surface area contributed by atoms with Gasteiger partial charge < -0.3 is 19.1 Å². The largest absolute Gasteiger partial charge is 0.494 e. The Labute approximate surface area is 158 Å². The molecule has 1 amide bonds. The Morgan fingerprint density at radius 2 is 1.85 bits per heavy atom. The van der Waals surface area contributed by atoms with Crippen LogP contribution in [0.3, 0.4) is 0 Å². The molecule has 1 aromatic carbocycles. The molecule has 4 rings (SSSR count). The lowest BCUT2D eigenvalue weighted by atomic mass is 10.3. The van der Waals surface area contributed by atoms with E-state index < -0.39 is 0 Å². The molecule has 3 heterocycles. The molecule has 2 aromatic rings. The predicted molar refractivity (Wildman–Crippen MR) is 98.5 cm³/mol. The van der Waals surface area contributed by atoms with Gasteiger partial charge in [0, 0.05) is 31.9 Å². The Morgan fingerprint density at radius 3 is 2.52 bits per heavy atom. The highest BCUT2D eigenvalue weighted by atomic mass is 16.6. The molecule has 2 fully saturated rings. The summed E-state index contributed by atoms with van der Waals surface area (Å²) in [6, 6.07) is 11.6. The predicted octanol–water partition coefficient (Wildman–Crippen LogP) is 1.91. The van der Waals surface area contributed by atoms with Crippen molar-refractivity contribution in [3.63, 3.8) is 0 Å². The van der Waals surface area contributed by atoms with E-state index in [4.69, 9.17) is 14.2 Å². The molecule has 0 radical (unpaired) electrons. The Bertz CT molecular complexity index is 706. The number of amides is 1. The van der Waals surface area contributed by atoms with Crippen LogP contribution in [0.5, 0.6) is 5.75 Å². The number of aromatic nitrogens is 2. The summed E-state index contributed by atoms with van der Waals surface area (Å²) in [7, 11) is 0. The molecular weight excluding hydrogens is 346 g/mol. The van der Waals surface area contributed by atoms with E-state index in [9.17, 15) is 4.79 Å². The summed E-state index contributed by atoms with van der Waals surface area (Å²) in [5, 5.41) is 4.26. The minimum atomic E-state index is -0.0601. The average Bonchev–Trinajstić information content (AvgIpc) is 3.33. The minimum Gasteiger partial charge on any atom is -0.494 e. The maximum Gasteiger partial charge on any atom is 0.222 e. The third kappa shape index (κ3) is 4.48. The second-order valence-electron chi connectivity index (χ2n) is 6.95. The summed E-state index contributed by atoms with van der Waals surface area (Å²) >= 11 is 0. The first-order valence-electron chi connectivity index (χ1n) is 9.47. The molecule has 7 nitrogen and oxygen atoms in total. The zero-order valence-corrected chi connectivity index (χ0v) is 15.3. The summed E-state index contributed by atoms with van der Waals surface area (Å²) in [6.45, 7) is 2.82. The van der Waals surface area contributed by atoms with Gasteiger partial charge in [-0.3, -0.25) is 9.48 Å². The van der Waals surface area contributed by atoms with E-state index in [0.717, 1.165) is 5.75 Å². The van der Waals surface area contributed by atoms with E-state index in [1.807, 2.05) is 52.2 Å². The van der Waals surface area contributed by atoms with Gasteiger partial charge in [-0.1, -0.05) is 18.2 Å². The van der Waals surface area contributed by atoms with Crippen LogP contribution in [-0.4, -0.2) is 65.7 Å². The molecule has 2 aliphatic heterocycles.